The molecule has 16 heavy (non-hydrogen) atoms. The maximum Gasteiger partial charge on any atom is 0.123 e. The van der Waals surface area contributed by atoms with Gasteiger partial charge in [0.25, 0.3) is 0 Å². The van der Waals surface area contributed by atoms with Gasteiger partial charge in [-0.15, -0.1) is 0 Å². The van der Waals surface area contributed by atoms with Crippen LogP contribution in [-0.4, -0.2) is 0 Å². The van der Waals surface area contributed by atoms with Gasteiger partial charge in [-0.2, -0.15) is 0 Å². The molecule has 0 saturated heterocycles. The summed E-state index contributed by atoms with van der Waals surface area (Å²) in [5.41, 5.74) is 2.75. The summed E-state index contributed by atoms with van der Waals surface area (Å²) in [6.45, 7) is 1.94. The first-order valence-electron chi connectivity index (χ1n) is 4.94. The van der Waals surface area contributed by atoms with E-state index in [1.54, 1.807) is 12.1 Å². The minimum Gasteiger partial charge on any atom is -0.355 e. The summed E-state index contributed by atoms with van der Waals surface area (Å²) in [7, 11) is 0. The van der Waals surface area contributed by atoms with Crippen molar-refractivity contribution >= 4 is 23.0 Å². The number of hydrogen-bond acceptors (Lipinski definition) is 1. The molecule has 0 aliphatic carbocycles. The first kappa shape index (κ1) is 11.0. The molecule has 0 aromatic heterocycles. The number of anilines is 2. The Labute approximate surface area is 98.9 Å². The van der Waals surface area contributed by atoms with E-state index in [1.807, 2.05) is 25.1 Å². The molecule has 0 bridgehead atoms. The van der Waals surface area contributed by atoms with Crippen LogP contribution in [0, 0.1) is 12.7 Å². The van der Waals surface area contributed by atoms with Crippen LogP contribution in [0.25, 0.3) is 0 Å². The molecular formula is C13H11ClFN. The number of hydrogen-bond donors (Lipinski definition) is 1. The molecule has 0 amide bonds. The van der Waals surface area contributed by atoms with E-state index in [-0.39, 0.29) is 5.82 Å². The third-order valence-electron chi connectivity index (χ3n) is 2.39. The third-order valence-corrected chi connectivity index (χ3v) is 2.80. The summed E-state index contributed by atoms with van der Waals surface area (Å²) in [4.78, 5) is 0. The Kier molecular flexibility index (Phi) is 3.11. The Morgan fingerprint density at radius 2 is 1.75 bits per heavy atom. The molecule has 2 rings (SSSR count). The van der Waals surface area contributed by atoms with Gasteiger partial charge in [0.1, 0.15) is 5.82 Å². The second kappa shape index (κ2) is 4.54. The Bertz CT molecular complexity index is 494. The topological polar surface area (TPSA) is 12.0 Å². The molecule has 0 fully saturated rings. The van der Waals surface area contributed by atoms with Gasteiger partial charge < -0.3 is 5.32 Å². The standard InChI is InChI=1S/C13H11ClFN/c1-9-12(14)3-2-4-13(9)16-11-7-5-10(15)6-8-11/h2-8,16H,1H3. The van der Waals surface area contributed by atoms with E-state index < -0.39 is 0 Å². The van der Waals surface area contributed by atoms with Crippen molar-refractivity contribution < 1.29 is 4.39 Å². The molecule has 0 heterocycles. The second-order valence-corrected chi connectivity index (χ2v) is 3.95. The highest BCUT2D eigenvalue weighted by molar-refractivity contribution is 6.31. The van der Waals surface area contributed by atoms with Crippen molar-refractivity contribution in [1.29, 1.82) is 0 Å². The molecule has 82 valence electrons. The van der Waals surface area contributed by atoms with Gasteiger partial charge in [0.05, 0.1) is 0 Å². The maximum absolute atomic E-state index is 12.7. The van der Waals surface area contributed by atoms with Crippen LogP contribution in [0.1, 0.15) is 5.56 Å². The predicted molar refractivity (Wildman–Crippen MR) is 65.9 cm³/mol. The van der Waals surface area contributed by atoms with Crippen LogP contribution in [0.5, 0.6) is 0 Å². The normalized spacial score (nSPS) is 10.2. The van der Waals surface area contributed by atoms with E-state index in [4.69, 9.17) is 11.6 Å². The average Bonchev–Trinajstić information content (AvgIpc) is 2.28. The van der Waals surface area contributed by atoms with Gasteiger partial charge >= 0.3 is 0 Å². The van der Waals surface area contributed by atoms with Crippen molar-refractivity contribution in [1.82, 2.24) is 0 Å². The number of rotatable bonds is 2. The lowest BCUT2D eigenvalue weighted by Crippen LogP contribution is -1.93. The first-order chi connectivity index (χ1) is 7.66. The third kappa shape index (κ3) is 2.34. The van der Waals surface area contributed by atoms with Crippen molar-refractivity contribution in [3.8, 4) is 0 Å². The lowest BCUT2D eigenvalue weighted by atomic mass is 10.2. The van der Waals surface area contributed by atoms with Crippen LogP contribution in [0.3, 0.4) is 0 Å². The van der Waals surface area contributed by atoms with Crippen LogP contribution in [0.15, 0.2) is 42.5 Å². The van der Waals surface area contributed by atoms with Gasteiger partial charge in [-0.05, 0) is 48.9 Å². The fourth-order valence-electron chi connectivity index (χ4n) is 1.43. The average molecular weight is 236 g/mol. The molecule has 1 nitrogen and oxygen atoms in total. The maximum atomic E-state index is 12.7. The molecule has 0 radical (unpaired) electrons. The van der Waals surface area contributed by atoms with E-state index in [2.05, 4.69) is 5.32 Å². The fourth-order valence-corrected chi connectivity index (χ4v) is 1.61. The van der Waals surface area contributed by atoms with E-state index in [9.17, 15) is 4.39 Å². The number of nitrogens with one attached hydrogen (secondary N) is 1. The first-order valence-corrected chi connectivity index (χ1v) is 5.32. The zero-order valence-corrected chi connectivity index (χ0v) is 9.55. The van der Waals surface area contributed by atoms with Crippen LogP contribution in [-0.2, 0) is 0 Å². The van der Waals surface area contributed by atoms with Gasteiger partial charge in [-0.1, -0.05) is 17.7 Å². The van der Waals surface area contributed by atoms with Gasteiger partial charge in [-0.3, -0.25) is 0 Å². The van der Waals surface area contributed by atoms with Crippen LogP contribution in [0.2, 0.25) is 5.02 Å². The minimum atomic E-state index is -0.242. The largest absolute Gasteiger partial charge is 0.355 e. The van der Waals surface area contributed by atoms with Crippen LogP contribution >= 0.6 is 11.6 Å². The SMILES string of the molecule is Cc1c(Cl)cccc1Nc1ccc(F)cc1. The predicted octanol–water partition coefficient (Wildman–Crippen LogP) is 4.53. The molecule has 2 aromatic rings. The van der Waals surface area contributed by atoms with Crippen LogP contribution < -0.4 is 5.32 Å². The van der Waals surface area contributed by atoms with Crippen molar-refractivity contribution in [3.05, 3.63) is 58.9 Å². The quantitative estimate of drug-likeness (QED) is 0.806. The summed E-state index contributed by atoms with van der Waals surface area (Å²) in [5.74, 6) is -0.242. The van der Waals surface area contributed by atoms with Gasteiger partial charge in [0.15, 0.2) is 0 Å². The van der Waals surface area contributed by atoms with Crippen LogP contribution in [0.4, 0.5) is 15.8 Å². The molecule has 0 aliphatic heterocycles. The molecule has 3 heteroatoms. The minimum absolute atomic E-state index is 0.242. The second-order valence-electron chi connectivity index (χ2n) is 3.54. The van der Waals surface area contributed by atoms with Crippen molar-refractivity contribution in [2.75, 3.05) is 5.32 Å². The summed E-state index contributed by atoms with van der Waals surface area (Å²) in [6, 6.07) is 11.9. The lowest BCUT2D eigenvalue weighted by molar-refractivity contribution is 0.628. The Balaban J connectivity index is 2.27. The molecule has 2 aromatic carbocycles. The molecule has 0 saturated carbocycles. The highest BCUT2D eigenvalue weighted by Crippen LogP contribution is 2.26. The fraction of sp³-hybridized carbons (Fsp3) is 0.0769. The molecule has 1 N–H and O–H groups in total. The summed E-state index contributed by atoms with van der Waals surface area (Å²) >= 11 is 6.01. The van der Waals surface area contributed by atoms with Crippen molar-refractivity contribution in [2.24, 2.45) is 0 Å². The number of halogens is 2. The van der Waals surface area contributed by atoms with Crippen molar-refractivity contribution in [3.63, 3.8) is 0 Å². The van der Waals surface area contributed by atoms with Gasteiger partial charge in [-0.25, -0.2) is 4.39 Å². The summed E-state index contributed by atoms with van der Waals surface area (Å²) < 4.78 is 12.7. The summed E-state index contributed by atoms with van der Waals surface area (Å²) in [5, 5.41) is 3.90. The van der Waals surface area contributed by atoms with E-state index in [0.717, 1.165) is 16.9 Å². The molecule has 0 atom stereocenters. The zero-order chi connectivity index (χ0) is 11.5. The van der Waals surface area contributed by atoms with Gasteiger partial charge in [0, 0.05) is 16.4 Å². The zero-order valence-electron chi connectivity index (χ0n) is 8.80. The van der Waals surface area contributed by atoms with E-state index >= 15 is 0 Å². The Morgan fingerprint density at radius 1 is 1.06 bits per heavy atom. The van der Waals surface area contributed by atoms with Crippen molar-refractivity contribution in [2.45, 2.75) is 6.92 Å². The highest BCUT2D eigenvalue weighted by atomic mass is 35.5. The molecular weight excluding hydrogens is 225 g/mol. The number of benzene rings is 2. The smallest absolute Gasteiger partial charge is 0.123 e. The highest BCUT2D eigenvalue weighted by Gasteiger charge is 2.02. The van der Waals surface area contributed by atoms with E-state index in [0.29, 0.717) is 5.02 Å². The molecule has 0 aliphatic rings. The molecule has 0 unspecified atom stereocenters. The summed E-state index contributed by atoms with van der Waals surface area (Å²) in [6.07, 6.45) is 0. The monoisotopic (exact) mass is 235 g/mol. The Morgan fingerprint density at radius 3 is 2.44 bits per heavy atom. The van der Waals surface area contributed by atoms with Gasteiger partial charge in [0.2, 0.25) is 0 Å². The van der Waals surface area contributed by atoms with E-state index in [1.165, 1.54) is 12.1 Å². The lowest BCUT2D eigenvalue weighted by Gasteiger charge is -2.10. The molecule has 0 spiro atoms. The Hall–Kier alpha value is -1.54.